The summed E-state index contributed by atoms with van der Waals surface area (Å²) in [4.78, 5) is 4.94. The maximum atomic E-state index is 2.53. The zero-order valence-corrected chi connectivity index (χ0v) is 51.1. The van der Waals surface area contributed by atoms with Crippen LogP contribution in [0.4, 0.5) is 34.1 Å². The summed E-state index contributed by atoms with van der Waals surface area (Å²) in [7, 11) is 0. The van der Waals surface area contributed by atoms with Gasteiger partial charge in [0.2, 0.25) is 0 Å². The molecule has 2 aliphatic rings. The first kappa shape index (κ1) is 53.2. The summed E-state index contributed by atoms with van der Waals surface area (Å²) in [5, 5.41) is 9.68. The Morgan fingerprint density at radius 1 is 0.256 bits per heavy atom. The minimum atomic E-state index is -0.199. The SMILES string of the molecule is CC(C)(C)c1ccc(N(c2ccc3ccccc3c2)c2ccc3c(-c4ccc5c(c4)C(C)(C)c4ccccc4-5)c4cc(N(c5ccc(C(C)(C)C)cc5)c5ccc6ccccc6c5)ccc4c(-c4ccc5c(c4)C(C)(C)c4ccccc4-5)c3c2)cc1. The molecule has 2 nitrogen and oxygen atoms in total. The Morgan fingerprint density at radius 2 is 0.581 bits per heavy atom. The van der Waals surface area contributed by atoms with Gasteiger partial charge in [0.1, 0.15) is 0 Å². The number of hydrogen-bond donors (Lipinski definition) is 0. The van der Waals surface area contributed by atoms with E-state index in [0.717, 1.165) is 34.1 Å². The Balaban J connectivity index is 1.05. The van der Waals surface area contributed by atoms with Crippen LogP contribution in [0.15, 0.2) is 255 Å². The van der Waals surface area contributed by atoms with E-state index in [0.29, 0.717) is 0 Å². The molecule has 2 heteroatoms. The first-order valence-electron chi connectivity index (χ1n) is 30.7. The molecule has 0 heterocycles. The molecule has 0 bridgehead atoms. The van der Waals surface area contributed by atoms with E-state index in [4.69, 9.17) is 0 Å². The molecule has 0 N–H and O–H groups in total. The highest BCUT2D eigenvalue weighted by molar-refractivity contribution is 6.23. The van der Waals surface area contributed by atoms with E-state index < -0.39 is 0 Å². The Bertz CT molecular complexity index is 4570. The molecule has 0 aromatic heterocycles. The highest BCUT2D eigenvalue weighted by Gasteiger charge is 2.38. The van der Waals surface area contributed by atoms with E-state index in [1.54, 1.807) is 0 Å². The third kappa shape index (κ3) is 8.59. The molecule has 0 radical (unpaired) electrons. The zero-order valence-electron chi connectivity index (χ0n) is 51.1. The fourth-order valence-electron chi connectivity index (χ4n) is 14.6. The molecular formula is C84H72N2. The lowest BCUT2D eigenvalue weighted by Gasteiger charge is -2.29. The number of anilines is 6. The monoisotopic (exact) mass is 1110 g/mol. The molecule has 0 spiro atoms. The van der Waals surface area contributed by atoms with E-state index in [9.17, 15) is 0 Å². The fourth-order valence-corrected chi connectivity index (χ4v) is 14.6. The van der Waals surface area contributed by atoms with Crippen molar-refractivity contribution in [1.82, 2.24) is 0 Å². The van der Waals surface area contributed by atoms with Gasteiger partial charge in [0.05, 0.1) is 0 Å². The summed E-state index contributed by atoms with van der Waals surface area (Å²) in [6, 6.07) is 97.2. The van der Waals surface area contributed by atoms with Crippen LogP contribution in [0.25, 0.3) is 87.6 Å². The van der Waals surface area contributed by atoms with Crippen molar-refractivity contribution in [2.75, 3.05) is 9.80 Å². The first-order chi connectivity index (χ1) is 41.4. The maximum Gasteiger partial charge on any atom is 0.0468 e. The number of fused-ring (bicyclic) bond motifs is 10. The average Bonchev–Trinajstić information content (AvgIpc) is 1.35. The van der Waals surface area contributed by atoms with Crippen molar-refractivity contribution in [1.29, 1.82) is 0 Å². The Kier molecular flexibility index (Phi) is 12.1. The predicted octanol–water partition coefficient (Wildman–Crippen LogP) is 23.8. The second-order valence-electron chi connectivity index (χ2n) is 27.4. The fraction of sp³-hybridized carbons (Fsp3) is 0.167. The minimum Gasteiger partial charge on any atom is -0.310 e. The molecule has 0 saturated carbocycles. The first-order valence-corrected chi connectivity index (χ1v) is 30.7. The van der Waals surface area contributed by atoms with E-state index in [1.165, 1.54) is 121 Å². The maximum absolute atomic E-state index is 2.53. The lowest BCUT2D eigenvalue weighted by Crippen LogP contribution is -2.15. The topological polar surface area (TPSA) is 6.48 Å². The third-order valence-corrected chi connectivity index (χ3v) is 19.3. The summed E-state index contributed by atoms with van der Waals surface area (Å²) in [6.07, 6.45) is 0. The summed E-state index contributed by atoms with van der Waals surface area (Å²) in [5.41, 5.74) is 24.5. The van der Waals surface area contributed by atoms with Crippen LogP contribution in [0.2, 0.25) is 0 Å². The molecule has 13 aromatic rings. The number of hydrogen-bond acceptors (Lipinski definition) is 2. The molecule has 0 atom stereocenters. The van der Waals surface area contributed by atoms with Gasteiger partial charge in [-0.05, 0) is 217 Å². The van der Waals surface area contributed by atoms with Crippen LogP contribution >= 0.6 is 0 Å². The molecule has 15 rings (SSSR count). The normalized spacial score (nSPS) is 13.9. The van der Waals surface area contributed by atoms with E-state index in [1.807, 2.05) is 0 Å². The van der Waals surface area contributed by atoms with Gasteiger partial charge in [-0.25, -0.2) is 0 Å². The van der Waals surface area contributed by atoms with Crippen LogP contribution in [-0.2, 0) is 21.7 Å². The number of benzene rings is 13. The standard InChI is InChI=1S/C84H72N2/c1-81(2,3)59-31-37-61(38-32-59)85(63-35-27-53-19-11-13-21-55(53)47-63)65-41-45-71-73(51-65)79(57-29-43-69-67-23-15-17-25-75(67)83(7,8)77(69)49-57)72-46-42-66(52-74(72)80(71)58-30-44-70-68-24-16-18-26-76(68)84(9,10)78(70)50-58)86(62-39-33-60(34-40-62)82(4,5)6)64-36-28-54-20-12-14-22-56(54)48-64/h11-52H,1-10H3. The van der Waals surface area contributed by atoms with Crippen LogP contribution < -0.4 is 9.80 Å². The Hall–Kier alpha value is -9.50. The molecule has 0 unspecified atom stereocenters. The van der Waals surface area contributed by atoms with E-state index in [2.05, 4.69) is 334 Å². The Labute approximate surface area is 507 Å². The summed E-state index contributed by atoms with van der Waals surface area (Å²) in [5.74, 6) is 0. The van der Waals surface area contributed by atoms with Gasteiger partial charge in [0, 0.05) is 45.0 Å². The van der Waals surface area contributed by atoms with Gasteiger partial charge in [0.25, 0.3) is 0 Å². The molecule has 0 aliphatic heterocycles. The quantitative estimate of drug-likeness (QED) is 0.140. The zero-order chi connectivity index (χ0) is 59.0. The predicted molar refractivity (Wildman–Crippen MR) is 369 cm³/mol. The Morgan fingerprint density at radius 3 is 0.977 bits per heavy atom. The van der Waals surface area contributed by atoms with Crippen molar-refractivity contribution in [3.63, 3.8) is 0 Å². The average molecular weight is 1110 g/mol. The smallest absolute Gasteiger partial charge is 0.0468 e. The van der Waals surface area contributed by atoms with Gasteiger partial charge in [-0.1, -0.05) is 239 Å². The second-order valence-corrected chi connectivity index (χ2v) is 27.4. The molecule has 0 fully saturated rings. The van der Waals surface area contributed by atoms with Crippen LogP contribution in [0, 0.1) is 0 Å². The van der Waals surface area contributed by atoms with Crippen molar-refractivity contribution in [2.45, 2.75) is 90.9 Å². The second kappa shape index (κ2) is 19.5. The van der Waals surface area contributed by atoms with Crippen molar-refractivity contribution in [3.05, 3.63) is 288 Å². The molecular weight excluding hydrogens is 1040 g/mol. The highest BCUT2D eigenvalue weighted by Crippen LogP contribution is 2.55. The van der Waals surface area contributed by atoms with Gasteiger partial charge < -0.3 is 9.80 Å². The molecule has 418 valence electrons. The number of rotatable bonds is 8. The third-order valence-electron chi connectivity index (χ3n) is 19.3. The van der Waals surface area contributed by atoms with Crippen molar-refractivity contribution >= 4 is 77.2 Å². The largest absolute Gasteiger partial charge is 0.310 e. The highest BCUT2D eigenvalue weighted by atomic mass is 15.1. The lowest BCUT2D eigenvalue weighted by atomic mass is 9.79. The van der Waals surface area contributed by atoms with Crippen LogP contribution in [0.3, 0.4) is 0 Å². The van der Waals surface area contributed by atoms with Crippen LogP contribution in [0.1, 0.15) is 103 Å². The van der Waals surface area contributed by atoms with E-state index in [-0.39, 0.29) is 21.7 Å². The van der Waals surface area contributed by atoms with Gasteiger partial charge in [0.15, 0.2) is 0 Å². The van der Waals surface area contributed by atoms with Crippen LogP contribution in [-0.4, -0.2) is 0 Å². The summed E-state index contributed by atoms with van der Waals surface area (Å²) < 4.78 is 0. The van der Waals surface area contributed by atoms with Gasteiger partial charge in [-0.3, -0.25) is 0 Å². The lowest BCUT2D eigenvalue weighted by molar-refractivity contribution is 0.590. The van der Waals surface area contributed by atoms with Crippen molar-refractivity contribution < 1.29 is 0 Å². The summed E-state index contributed by atoms with van der Waals surface area (Å²) >= 11 is 0. The molecule has 13 aromatic carbocycles. The van der Waals surface area contributed by atoms with Gasteiger partial charge in [-0.15, -0.1) is 0 Å². The van der Waals surface area contributed by atoms with Crippen molar-refractivity contribution in [3.8, 4) is 44.5 Å². The molecule has 2 aliphatic carbocycles. The van der Waals surface area contributed by atoms with Crippen molar-refractivity contribution in [2.24, 2.45) is 0 Å². The van der Waals surface area contributed by atoms with Gasteiger partial charge in [-0.2, -0.15) is 0 Å². The minimum absolute atomic E-state index is 0.00618. The molecule has 0 amide bonds. The summed E-state index contributed by atoms with van der Waals surface area (Å²) in [6.45, 7) is 23.4. The molecule has 0 saturated heterocycles. The molecule has 86 heavy (non-hydrogen) atoms. The number of nitrogens with zero attached hydrogens (tertiary/aromatic N) is 2. The van der Waals surface area contributed by atoms with E-state index >= 15 is 0 Å². The van der Waals surface area contributed by atoms with Gasteiger partial charge >= 0.3 is 0 Å². The van der Waals surface area contributed by atoms with Crippen LogP contribution in [0.5, 0.6) is 0 Å².